The van der Waals surface area contributed by atoms with Gasteiger partial charge in [0, 0.05) is 29.3 Å². The van der Waals surface area contributed by atoms with Gasteiger partial charge in [0.2, 0.25) is 0 Å². The first-order chi connectivity index (χ1) is 9.74. The fraction of sp³-hybridized carbons (Fsp3) is 0.625. The number of hydrogen-bond donors (Lipinski definition) is 2. The minimum absolute atomic E-state index is 0.0243. The Balaban J connectivity index is 3.25. The van der Waals surface area contributed by atoms with E-state index in [0.29, 0.717) is 17.9 Å². The fourth-order valence-corrected chi connectivity index (χ4v) is 2.15. The molecule has 1 aromatic rings. The van der Waals surface area contributed by atoms with Crippen LogP contribution in [0.3, 0.4) is 0 Å². The van der Waals surface area contributed by atoms with E-state index in [4.69, 9.17) is 5.84 Å². The van der Waals surface area contributed by atoms with Gasteiger partial charge in [-0.15, -0.1) is 0 Å². The van der Waals surface area contributed by atoms with Crippen molar-refractivity contribution in [3.63, 3.8) is 0 Å². The molecule has 3 N–H and O–H groups in total. The number of aromatic nitrogens is 1. The number of carbonyl (C=O) groups is 1. The Hall–Kier alpha value is -1.62. The van der Waals surface area contributed by atoms with Gasteiger partial charge < -0.3 is 10.3 Å². The van der Waals surface area contributed by atoms with Crippen molar-refractivity contribution in [2.75, 3.05) is 12.0 Å². The van der Waals surface area contributed by atoms with Crippen LogP contribution >= 0.6 is 0 Å². The molecule has 0 fully saturated rings. The molecule has 0 bridgehead atoms. The van der Waals surface area contributed by atoms with Crippen LogP contribution in [0.2, 0.25) is 0 Å². The summed E-state index contributed by atoms with van der Waals surface area (Å²) in [6.45, 7) is 13.0. The quantitative estimate of drug-likeness (QED) is 0.646. The molecule has 1 rings (SSSR count). The molecule has 0 aliphatic heterocycles. The van der Waals surface area contributed by atoms with Crippen LogP contribution in [0.5, 0.6) is 0 Å². The minimum atomic E-state index is -0.144. The molecule has 0 aliphatic carbocycles. The predicted octanol–water partition coefficient (Wildman–Crippen LogP) is 2.93. The minimum Gasteiger partial charge on any atom is -0.336 e. The average molecular weight is 292 g/mol. The number of pyridine rings is 1. The van der Waals surface area contributed by atoms with Gasteiger partial charge in [-0.3, -0.25) is 4.79 Å². The van der Waals surface area contributed by atoms with Crippen LogP contribution in [-0.4, -0.2) is 28.4 Å². The lowest BCUT2D eigenvalue weighted by molar-refractivity contribution is 0.0699. The van der Waals surface area contributed by atoms with Crippen LogP contribution in [0, 0.1) is 0 Å². The smallest absolute Gasteiger partial charge is 0.254 e. The second kappa shape index (κ2) is 6.89. The van der Waals surface area contributed by atoms with Crippen LogP contribution in [0.15, 0.2) is 12.1 Å². The zero-order valence-corrected chi connectivity index (χ0v) is 14.0. The first kappa shape index (κ1) is 17.4. The number of nitrogens with two attached hydrogens (primary N) is 1. The number of rotatable bonds is 5. The zero-order valence-electron chi connectivity index (χ0n) is 14.0. The maximum absolute atomic E-state index is 12.8. The lowest BCUT2D eigenvalue weighted by atomic mass is 9.90. The molecule has 0 saturated heterocycles. The van der Waals surface area contributed by atoms with E-state index in [2.05, 4.69) is 45.0 Å². The number of hydrogen-bond acceptors (Lipinski definition) is 4. The summed E-state index contributed by atoms with van der Waals surface area (Å²) in [6.07, 6.45) is 0.929. The van der Waals surface area contributed by atoms with Crippen molar-refractivity contribution in [1.29, 1.82) is 0 Å². The molecule has 1 aromatic heterocycles. The standard InChI is InChI=1S/C16H28N4O/c1-7-11(3)20(8-2)15(21)12-9-13(16(4,5)6)18-14(10-12)19-17/h9-11H,7-8,17H2,1-6H3,(H,18,19). The summed E-state index contributed by atoms with van der Waals surface area (Å²) in [5.74, 6) is 6.03. The fourth-order valence-electron chi connectivity index (χ4n) is 2.15. The highest BCUT2D eigenvalue weighted by atomic mass is 16.2. The van der Waals surface area contributed by atoms with Crippen molar-refractivity contribution in [3.8, 4) is 0 Å². The normalized spacial score (nSPS) is 12.9. The van der Waals surface area contributed by atoms with Gasteiger partial charge in [-0.2, -0.15) is 0 Å². The summed E-state index contributed by atoms with van der Waals surface area (Å²) in [7, 11) is 0. The largest absolute Gasteiger partial charge is 0.336 e. The molecular weight excluding hydrogens is 264 g/mol. The molecule has 118 valence electrons. The van der Waals surface area contributed by atoms with Crippen LogP contribution in [0.1, 0.15) is 64.0 Å². The van der Waals surface area contributed by atoms with Crippen molar-refractivity contribution in [2.24, 2.45) is 5.84 Å². The van der Waals surface area contributed by atoms with Crippen LogP contribution in [-0.2, 0) is 5.41 Å². The molecule has 5 nitrogen and oxygen atoms in total. The molecule has 0 radical (unpaired) electrons. The van der Waals surface area contributed by atoms with E-state index < -0.39 is 0 Å². The van der Waals surface area contributed by atoms with Crippen LogP contribution in [0.4, 0.5) is 5.82 Å². The number of nitrogens with zero attached hydrogens (tertiary/aromatic N) is 2. The van der Waals surface area contributed by atoms with Gasteiger partial charge >= 0.3 is 0 Å². The Bertz CT molecular complexity index is 494. The molecule has 0 saturated carbocycles. The molecule has 5 heteroatoms. The van der Waals surface area contributed by atoms with Gasteiger partial charge in [-0.05, 0) is 32.4 Å². The van der Waals surface area contributed by atoms with E-state index in [0.717, 1.165) is 12.1 Å². The maximum Gasteiger partial charge on any atom is 0.254 e. The SMILES string of the molecule is CCC(C)N(CC)C(=O)c1cc(NN)nc(C(C)(C)C)c1. The Morgan fingerprint density at radius 1 is 1.38 bits per heavy atom. The predicted molar refractivity (Wildman–Crippen MR) is 87.2 cm³/mol. The monoisotopic (exact) mass is 292 g/mol. The molecule has 1 amide bonds. The second-order valence-corrected chi connectivity index (χ2v) is 6.37. The van der Waals surface area contributed by atoms with Crippen molar-refractivity contribution in [3.05, 3.63) is 23.4 Å². The van der Waals surface area contributed by atoms with Gasteiger partial charge in [0.15, 0.2) is 0 Å². The number of hydrazine groups is 1. The van der Waals surface area contributed by atoms with Gasteiger partial charge in [0.25, 0.3) is 5.91 Å². The summed E-state index contributed by atoms with van der Waals surface area (Å²) >= 11 is 0. The van der Waals surface area contributed by atoms with E-state index >= 15 is 0 Å². The van der Waals surface area contributed by atoms with Crippen LogP contribution < -0.4 is 11.3 Å². The topological polar surface area (TPSA) is 71.2 Å². The molecule has 0 aliphatic rings. The van der Waals surface area contributed by atoms with Crippen LogP contribution in [0.25, 0.3) is 0 Å². The van der Waals surface area contributed by atoms with E-state index in [1.165, 1.54) is 0 Å². The third-order valence-electron chi connectivity index (χ3n) is 3.71. The molecule has 0 spiro atoms. The molecule has 21 heavy (non-hydrogen) atoms. The van der Waals surface area contributed by atoms with Crippen molar-refractivity contribution < 1.29 is 4.79 Å². The number of nitrogens with one attached hydrogen (secondary N) is 1. The van der Waals surface area contributed by atoms with Crippen molar-refractivity contribution in [2.45, 2.75) is 59.4 Å². The van der Waals surface area contributed by atoms with Gasteiger partial charge in [0.05, 0.1) is 0 Å². The molecule has 0 aromatic carbocycles. The zero-order chi connectivity index (χ0) is 16.2. The molecule has 1 heterocycles. The van der Waals surface area contributed by atoms with Gasteiger partial charge in [-0.25, -0.2) is 10.8 Å². The first-order valence-corrected chi connectivity index (χ1v) is 7.54. The highest BCUT2D eigenvalue weighted by Gasteiger charge is 2.23. The highest BCUT2D eigenvalue weighted by Crippen LogP contribution is 2.24. The Morgan fingerprint density at radius 2 is 2.00 bits per heavy atom. The highest BCUT2D eigenvalue weighted by molar-refractivity contribution is 5.95. The summed E-state index contributed by atoms with van der Waals surface area (Å²) in [6, 6.07) is 3.79. The van der Waals surface area contributed by atoms with E-state index in [9.17, 15) is 4.79 Å². The Morgan fingerprint density at radius 3 is 2.43 bits per heavy atom. The third kappa shape index (κ3) is 4.17. The molecule has 1 atom stereocenters. The third-order valence-corrected chi connectivity index (χ3v) is 3.71. The van der Waals surface area contributed by atoms with Crippen molar-refractivity contribution >= 4 is 11.7 Å². The lowest BCUT2D eigenvalue weighted by Gasteiger charge is -2.28. The van der Waals surface area contributed by atoms with E-state index in [1.807, 2.05) is 17.9 Å². The van der Waals surface area contributed by atoms with E-state index in [-0.39, 0.29) is 17.4 Å². The molecule has 1 unspecified atom stereocenters. The average Bonchev–Trinajstić information content (AvgIpc) is 2.46. The van der Waals surface area contributed by atoms with E-state index in [1.54, 1.807) is 6.07 Å². The summed E-state index contributed by atoms with van der Waals surface area (Å²) in [4.78, 5) is 19.1. The summed E-state index contributed by atoms with van der Waals surface area (Å²) in [5, 5.41) is 0. The molecular formula is C16H28N4O. The lowest BCUT2D eigenvalue weighted by Crippen LogP contribution is -2.38. The Kier molecular flexibility index (Phi) is 5.72. The number of nitrogen functional groups attached to an aromatic ring is 1. The first-order valence-electron chi connectivity index (χ1n) is 7.54. The van der Waals surface area contributed by atoms with Gasteiger partial charge in [0.1, 0.15) is 5.82 Å². The van der Waals surface area contributed by atoms with Gasteiger partial charge in [-0.1, -0.05) is 27.7 Å². The number of amides is 1. The number of anilines is 1. The summed E-state index contributed by atoms with van der Waals surface area (Å²) < 4.78 is 0. The Labute approximate surface area is 127 Å². The van der Waals surface area contributed by atoms with Crippen molar-refractivity contribution in [1.82, 2.24) is 9.88 Å². The maximum atomic E-state index is 12.8. The number of carbonyl (C=O) groups excluding carboxylic acids is 1. The summed E-state index contributed by atoms with van der Waals surface area (Å²) in [5.41, 5.74) is 3.89. The second-order valence-electron chi connectivity index (χ2n) is 6.37.